The Hall–Kier alpha value is -2.65. The third-order valence-electron chi connectivity index (χ3n) is 3.84. The van der Waals surface area contributed by atoms with Gasteiger partial charge in [-0.05, 0) is 18.4 Å². The van der Waals surface area contributed by atoms with Gasteiger partial charge in [0.1, 0.15) is 12.6 Å². The van der Waals surface area contributed by atoms with E-state index in [9.17, 15) is 32.9 Å². The SMILES string of the molecule is O=C(NCC(F)(F)F)C1CCCN1C(=O)Cc1ccc([N+](=O)[O-])cc1. The first-order valence-corrected chi connectivity index (χ1v) is 7.54. The van der Waals surface area contributed by atoms with E-state index in [-0.39, 0.29) is 18.7 Å². The van der Waals surface area contributed by atoms with Gasteiger partial charge in [0.2, 0.25) is 11.8 Å². The zero-order valence-corrected chi connectivity index (χ0v) is 13.1. The molecule has 2 amide bonds. The minimum atomic E-state index is -4.51. The topological polar surface area (TPSA) is 92.6 Å². The number of hydrogen-bond donors (Lipinski definition) is 1. The number of benzene rings is 1. The van der Waals surface area contributed by atoms with E-state index in [1.54, 1.807) is 5.32 Å². The maximum atomic E-state index is 12.3. The molecule has 1 aromatic rings. The van der Waals surface area contributed by atoms with Crippen LogP contribution < -0.4 is 5.32 Å². The number of carbonyl (C=O) groups is 2. The zero-order chi connectivity index (χ0) is 18.6. The van der Waals surface area contributed by atoms with E-state index in [0.717, 1.165) is 0 Å². The summed E-state index contributed by atoms with van der Waals surface area (Å²) in [5, 5.41) is 12.4. The third-order valence-corrected chi connectivity index (χ3v) is 3.84. The highest BCUT2D eigenvalue weighted by Gasteiger charge is 2.36. The summed E-state index contributed by atoms with van der Waals surface area (Å²) >= 11 is 0. The summed E-state index contributed by atoms with van der Waals surface area (Å²) in [5.74, 6) is -1.23. The number of likely N-dealkylation sites (tertiary alicyclic amines) is 1. The Kier molecular flexibility index (Phi) is 5.60. The molecule has 2 rings (SSSR count). The largest absolute Gasteiger partial charge is 0.405 e. The van der Waals surface area contributed by atoms with E-state index < -0.39 is 35.5 Å². The van der Waals surface area contributed by atoms with Gasteiger partial charge in [0.05, 0.1) is 11.3 Å². The van der Waals surface area contributed by atoms with Gasteiger partial charge in [0.15, 0.2) is 0 Å². The summed E-state index contributed by atoms with van der Waals surface area (Å²) in [6.07, 6.45) is -3.77. The molecule has 0 aromatic heterocycles. The van der Waals surface area contributed by atoms with Crippen molar-refractivity contribution in [3.63, 3.8) is 0 Å². The Bertz CT molecular complexity index is 661. The number of hydrogen-bond acceptors (Lipinski definition) is 4. The highest BCUT2D eigenvalue weighted by atomic mass is 19.4. The van der Waals surface area contributed by atoms with Crippen LogP contribution in [0, 0.1) is 10.1 Å². The number of nitro groups is 1. The average Bonchev–Trinajstić information content (AvgIpc) is 3.02. The number of rotatable bonds is 5. The van der Waals surface area contributed by atoms with Crippen LogP contribution in [0.4, 0.5) is 18.9 Å². The van der Waals surface area contributed by atoms with Crippen molar-refractivity contribution >= 4 is 17.5 Å². The van der Waals surface area contributed by atoms with E-state index in [1.807, 2.05) is 0 Å². The quantitative estimate of drug-likeness (QED) is 0.641. The van der Waals surface area contributed by atoms with Crippen LogP contribution in [0.3, 0.4) is 0 Å². The van der Waals surface area contributed by atoms with Gasteiger partial charge in [-0.3, -0.25) is 19.7 Å². The Labute approximate surface area is 140 Å². The molecule has 7 nitrogen and oxygen atoms in total. The first-order valence-electron chi connectivity index (χ1n) is 7.54. The van der Waals surface area contributed by atoms with Gasteiger partial charge in [-0.2, -0.15) is 13.2 Å². The van der Waals surface area contributed by atoms with E-state index in [4.69, 9.17) is 0 Å². The van der Waals surface area contributed by atoms with Gasteiger partial charge in [-0.1, -0.05) is 12.1 Å². The molecule has 136 valence electrons. The van der Waals surface area contributed by atoms with Crippen LogP contribution in [0.5, 0.6) is 0 Å². The van der Waals surface area contributed by atoms with Gasteiger partial charge >= 0.3 is 6.18 Å². The van der Waals surface area contributed by atoms with Crippen molar-refractivity contribution in [2.24, 2.45) is 0 Å². The van der Waals surface area contributed by atoms with Crippen LogP contribution in [0.15, 0.2) is 24.3 Å². The van der Waals surface area contributed by atoms with Gasteiger partial charge < -0.3 is 10.2 Å². The Morgan fingerprint density at radius 3 is 2.48 bits per heavy atom. The second kappa shape index (κ2) is 7.49. The summed E-state index contributed by atoms with van der Waals surface area (Å²) in [5.41, 5.74) is 0.415. The van der Waals surface area contributed by atoms with Crippen LogP contribution in [-0.4, -0.2) is 46.9 Å². The fourth-order valence-corrected chi connectivity index (χ4v) is 2.65. The van der Waals surface area contributed by atoms with Crippen LogP contribution >= 0.6 is 0 Å². The Balaban J connectivity index is 1.97. The van der Waals surface area contributed by atoms with Gasteiger partial charge in [-0.15, -0.1) is 0 Å². The standard InChI is InChI=1S/C15H16F3N3O4/c16-15(17,18)9-19-14(23)12-2-1-7-20(12)13(22)8-10-3-5-11(6-4-10)21(24)25/h3-6,12H,1-2,7-9H2,(H,19,23). The molecular weight excluding hydrogens is 343 g/mol. The lowest BCUT2D eigenvalue weighted by molar-refractivity contribution is -0.384. The smallest absolute Gasteiger partial charge is 0.345 e. The first-order chi connectivity index (χ1) is 11.7. The summed E-state index contributed by atoms with van der Waals surface area (Å²) in [7, 11) is 0. The lowest BCUT2D eigenvalue weighted by atomic mass is 10.1. The molecule has 1 heterocycles. The average molecular weight is 359 g/mol. The summed E-state index contributed by atoms with van der Waals surface area (Å²) < 4.78 is 36.6. The van der Waals surface area contributed by atoms with Crippen LogP contribution in [-0.2, 0) is 16.0 Å². The number of nitrogens with zero attached hydrogens (tertiary/aromatic N) is 2. The molecule has 25 heavy (non-hydrogen) atoms. The highest BCUT2D eigenvalue weighted by molar-refractivity contribution is 5.89. The Morgan fingerprint density at radius 1 is 1.28 bits per heavy atom. The molecule has 0 spiro atoms. The minimum absolute atomic E-state index is 0.0823. The van der Waals surface area contributed by atoms with Crippen LogP contribution in [0.25, 0.3) is 0 Å². The molecule has 1 aromatic carbocycles. The number of non-ortho nitro benzene ring substituents is 1. The molecule has 1 fully saturated rings. The third kappa shape index (κ3) is 5.16. The molecule has 0 bridgehead atoms. The number of halogens is 3. The number of nitro benzene ring substituents is 1. The number of alkyl halides is 3. The Morgan fingerprint density at radius 2 is 1.92 bits per heavy atom. The van der Waals surface area contributed by atoms with Crippen molar-refractivity contribution in [1.82, 2.24) is 10.2 Å². The molecule has 1 unspecified atom stereocenters. The van der Waals surface area contributed by atoms with Crippen molar-refractivity contribution in [3.05, 3.63) is 39.9 Å². The van der Waals surface area contributed by atoms with Crippen molar-refractivity contribution in [2.75, 3.05) is 13.1 Å². The fourth-order valence-electron chi connectivity index (χ4n) is 2.65. The molecule has 1 N–H and O–H groups in total. The van der Waals surface area contributed by atoms with Gasteiger partial charge in [0, 0.05) is 18.7 Å². The highest BCUT2D eigenvalue weighted by Crippen LogP contribution is 2.20. The fraction of sp³-hybridized carbons (Fsp3) is 0.467. The molecule has 1 atom stereocenters. The number of carbonyl (C=O) groups excluding carboxylic acids is 2. The molecule has 1 aliphatic rings. The van der Waals surface area contributed by atoms with Crippen LogP contribution in [0.2, 0.25) is 0 Å². The molecular formula is C15H16F3N3O4. The second-order valence-electron chi connectivity index (χ2n) is 5.68. The van der Waals surface area contributed by atoms with E-state index in [2.05, 4.69) is 0 Å². The van der Waals surface area contributed by atoms with Crippen molar-refractivity contribution < 1.29 is 27.7 Å². The summed E-state index contributed by atoms with van der Waals surface area (Å²) in [4.78, 5) is 35.5. The molecule has 0 radical (unpaired) electrons. The van der Waals surface area contributed by atoms with Crippen molar-refractivity contribution in [3.8, 4) is 0 Å². The first kappa shape index (κ1) is 18.7. The molecule has 1 saturated heterocycles. The molecule has 0 saturated carbocycles. The second-order valence-corrected chi connectivity index (χ2v) is 5.68. The number of nitrogens with one attached hydrogen (secondary N) is 1. The van der Waals surface area contributed by atoms with E-state index >= 15 is 0 Å². The lowest BCUT2D eigenvalue weighted by Gasteiger charge is -2.24. The summed E-state index contributed by atoms with van der Waals surface area (Å²) in [6.45, 7) is -1.15. The normalized spacial score (nSPS) is 17.4. The van der Waals surface area contributed by atoms with E-state index in [1.165, 1.54) is 29.2 Å². The van der Waals surface area contributed by atoms with Crippen LogP contribution in [0.1, 0.15) is 18.4 Å². The minimum Gasteiger partial charge on any atom is -0.345 e. The zero-order valence-electron chi connectivity index (χ0n) is 13.1. The van der Waals surface area contributed by atoms with E-state index in [0.29, 0.717) is 18.4 Å². The number of amides is 2. The predicted octanol–water partition coefficient (Wildman–Crippen LogP) is 1.81. The molecule has 10 heteroatoms. The monoisotopic (exact) mass is 359 g/mol. The summed E-state index contributed by atoms with van der Waals surface area (Å²) in [6, 6.07) is 4.48. The maximum Gasteiger partial charge on any atom is 0.405 e. The lowest BCUT2D eigenvalue weighted by Crippen LogP contribution is -2.48. The molecule has 0 aliphatic carbocycles. The van der Waals surface area contributed by atoms with Gasteiger partial charge in [0.25, 0.3) is 5.69 Å². The molecule has 1 aliphatic heterocycles. The van der Waals surface area contributed by atoms with Gasteiger partial charge in [-0.25, -0.2) is 0 Å². The maximum absolute atomic E-state index is 12.3. The predicted molar refractivity (Wildman–Crippen MR) is 80.6 cm³/mol. The van der Waals surface area contributed by atoms with Crippen molar-refractivity contribution in [1.29, 1.82) is 0 Å². The van der Waals surface area contributed by atoms with Crippen molar-refractivity contribution in [2.45, 2.75) is 31.5 Å².